The third kappa shape index (κ3) is 3.91. The standard InChI is InChI=1S/C27H29N3O3/c1-17-12-21-20(14-24(31-2)26(33-4)25(21)32-3)16-30(17)15-18-8-7-9-19(13-18)27-28-22-10-5-6-11-23(22)29-27/h5-11,13-14,17H,12,15-16H2,1-4H3,(H,28,29). The summed E-state index contributed by atoms with van der Waals surface area (Å²) in [5.41, 5.74) is 6.82. The van der Waals surface area contributed by atoms with Crippen molar-refractivity contribution in [3.05, 3.63) is 71.3 Å². The summed E-state index contributed by atoms with van der Waals surface area (Å²) in [5.74, 6) is 3.05. The van der Waals surface area contributed by atoms with Crippen LogP contribution in [0.25, 0.3) is 22.4 Å². The van der Waals surface area contributed by atoms with Crippen molar-refractivity contribution in [3.63, 3.8) is 0 Å². The van der Waals surface area contributed by atoms with Crippen LogP contribution >= 0.6 is 0 Å². The van der Waals surface area contributed by atoms with Crippen LogP contribution in [0, 0.1) is 0 Å². The van der Waals surface area contributed by atoms with Crippen molar-refractivity contribution in [2.45, 2.75) is 32.5 Å². The van der Waals surface area contributed by atoms with Crippen molar-refractivity contribution in [1.82, 2.24) is 14.9 Å². The van der Waals surface area contributed by atoms with Gasteiger partial charge in [-0.3, -0.25) is 4.90 Å². The Labute approximate surface area is 194 Å². The smallest absolute Gasteiger partial charge is 0.203 e. The fraction of sp³-hybridized carbons (Fsp3) is 0.296. The molecule has 170 valence electrons. The van der Waals surface area contributed by atoms with E-state index in [9.17, 15) is 0 Å². The average Bonchev–Trinajstić information content (AvgIpc) is 3.28. The maximum atomic E-state index is 5.73. The molecule has 0 bridgehead atoms. The molecule has 5 rings (SSSR count). The maximum absolute atomic E-state index is 5.73. The predicted octanol–water partition coefficient (Wildman–Crippen LogP) is 5.20. The van der Waals surface area contributed by atoms with Crippen molar-refractivity contribution < 1.29 is 14.2 Å². The van der Waals surface area contributed by atoms with Gasteiger partial charge in [-0.05, 0) is 48.7 Å². The number of rotatable bonds is 6. The molecule has 6 heteroatoms. The topological polar surface area (TPSA) is 59.6 Å². The molecule has 0 fully saturated rings. The van der Waals surface area contributed by atoms with Gasteiger partial charge in [0.1, 0.15) is 5.82 Å². The van der Waals surface area contributed by atoms with E-state index in [0.29, 0.717) is 17.5 Å². The SMILES string of the molecule is COc1cc2c(c(OC)c1OC)CC(C)N(Cc1cccc(-c3nc4ccccc4[nH]3)c1)C2. The monoisotopic (exact) mass is 443 g/mol. The maximum Gasteiger partial charge on any atom is 0.203 e. The highest BCUT2D eigenvalue weighted by atomic mass is 16.5. The van der Waals surface area contributed by atoms with Gasteiger partial charge in [0, 0.05) is 30.3 Å². The Morgan fingerprint density at radius 3 is 2.55 bits per heavy atom. The fourth-order valence-corrected chi connectivity index (χ4v) is 4.78. The van der Waals surface area contributed by atoms with Crippen LogP contribution in [-0.2, 0) is 19.5 Å². The van der Waals surface area contributed by atoms with Crippen LogP contribution in [0.15, 0.2) is 54.6 Å². The molecule has 33 heavy (non-hydrogen) atoms. The Hall–Kier alpha value is -3.51. The normalized spacial score (nSPS) is 15.9. The van der Waals surface area contributed by atoms with Crippen molar-refractivity contribution in [2.75, 3.05) is 21.3 Å². The molecule has 1 N–H and O–H groups in total. The number of hydrogen-bond acceptors (Lipinski definition) is 5. The van der Waals surface area contributed by atoms with Gasteiger partial charge < -0.3 is 19.2 Å². The zero-order valence-electron chi connectivity index (χ0n) is 19.5. The highest BCUT2D eigenvalue weighted by molar-refractivity contribution is 5.79. The number of para-hydroxylation sites is 2. The number of methoxy groups -OCH3 is 3. The van der Waals surface area contributed by atoms with Crippen LogP contribution in [0.1, 0.15) is 23.6 Å². The van der Waals surface area contributed by atoms with Crippen LogP contribution in [0.3, 0.4) is 0 Å². The van der Waals surface area contributed by atoms with Crippen LogP contribution in [-0.4, -0.2) is 42.2 Å². The second-order valence-corrected chi connectivity index (χ2v) is 8.54. The summed E-state index contributed by atoms with van der Waals surface area (Å²) in [5, 5.41) is 0. The quantitative estimate of drug-likeness (QED) is 0.444. The summed E-state index contributed by atoms with van der Waals surface area (Å²) in [4.78, 5) is 10.7. The third-order valence-corrected chi connectivity index (χ3v) is 6.50. The molecule has 1 aliphatic rings. The highest BCUT2D eigenvalue weighted by Gasteiger charge is 2.29. The number of aromatic nitrogens is 2. The lowest BCUT2D eigenvalue weighted by atomic mass is 9.92. The van der Waals surface area contributed by atoms with Crippen LogP contribution < -0.4 is 14.2 Å². The Balaban J connectivity index is 1.42. The van der Waals surface area contributed by atoms with Crippen LogP contribution in [0.2, 0.25) is 0 Å². The lowest BCUT2D eigenvalue weighted by molar-refractivity contribution is 0.172. The molecule has 0 saturated heterocycles. The summed E-state index contributed by atoms with van der Waals surface area (Å²) in [6, 6.07) is 19.2. The Morgan fingerprint density at radius 2 is 1.79 bits per heavy atom. The molecule has 4 aromatic rings. The van der Waals surface area contributed by atoms with Crippen molar-refractivity contribution in [2.24, 2.45) is 0 Å². The van der Waals surface area contributed by atoms with E-state index in [0.717, 1.165) is 47.7 Å². The average molecular weight is 444 g/mol. The number of hydrogen-bond donors (Lipinski definition) is 1. The first-order valence-electron chi connectivity index (χ1n) is 11.2. The first-order valence-corrected chi connectivity index (χ1v) is 11.2. The van der Waals surface area contributed by atoms with Gasteiger partial charge in [0.05, 0.1) is 32.4 Å². The van der Waals surface area contributed by atoms with Gasteiger partial charge >= 0.3 is 0 Å². The number of ether oxygens (including phenoxy) is 3. The number of H-pyrrole nitrogens is 1. The molecule has 1 unspecified atom stereocenters. The minimum Gasteiger partial charge on any atom is -0.493 e. The highest BCUT2D eigenvalue weighted by Crippen LogP contribution is 2.44. The number of aromatic amines is 1. The lowest BCUT2D eigenvalue weighted by Crippen LogP contribution is -2.38. The second-order valence-electron chi connectivity index (χ2n) is 8.54. The summed E-state index contributed by atoms with van der Waals surface area (Å²) in [6.45, 7) is 3.94. The van der Waals surface area contributed by atoms with Crippen LogP contribution in [0.4, 0.5) is 0 Å². The van der Waals surface area contributed by atoms with E-state index < -0.39 is 0 Å². The number of benzene rings is 3. The molecule has 0 saturated carbocycles. The Bertz CT molecular complexity index is 1260. The zero-order chi connectivity index (χ0) is 22.9. The fourth-order valence-electron chi connectivity index (χ4n) is 4.78. The molecule has 6 nitrogen and oxygen atoms in total. The molecular formula is C27H29N3O3. The van der Waals surface area contributed by atoms with E-state index in [-0.39, 0.29) is 0 Å². The summed E-state index contributed by atoms with van der Waals surface area (Å²) < 4.78 is 16.9. The Morgan fingerprint density at radius 1 is 0.970 bits per heavy atom. The molecule has 2 heterocycles. The molecule has 3 aromatic carbocycles. The first-order chi connectivity index (χ1) is 16.1. The van der Waals surface area contributed by atoms with Gasteiger partial charge in [-0.15, -0.1) is 0 Å². The molecule has 0 amide bonds. The summed E-state index contributed by atoms with van der Waals surface area (Å²) in [7, 11) is 5.01. The lowest BCUT2D eigenvalue weighted by Gasteiger charge is -2.36. The van der Waals surface area contributed by atoms with E-state index in [2.05, 4.69) is 53.2 Å². The van der Waals surface area contributed by atoms with E-state index in [4.69, 9.17) is 19.2 Å². The van der Waals surface area contributed by atoms with Gasteiger partial charge in [0.25, 0.3) is 0 Å². The Kier molecular flexibility index (Phi) is 5.68. The van der Waals surface area contributed by atoms with E-state index >= 15 is 0 Å². The molecule has 0 radical (unpaired) electrons. The predicted molar refractivity (Wildman–Crippen MR) is 130 cm³/mol. The zero-order valence-corrected chi connectivity index (χ0v) is 19.5. The third-order valence-electron chi connectivity index (χ3n) is 6.50. The molecule has 1 aliphatic heterocycles. The van der Waals surface area contributed by atoms with E-state index in [1.165, 1.54) is 16.7 Å². The van der Waals surface area contributed by atoms with Crippen molar-refractivity contribution in [3.8, 4) is 28.6 Å². The minimum absolute atomic E-state index is 0.361. The first kappa shape index (κ1) is 21.3. The number of nitrogens with one attached hydrogen (secondary N) is 1. The van der Waals surface area contributed by atoms with Crippen molar-refractivity contribution >= 4 is 11.0 Å². The van der Waals surface area contributed by atoms with Gasteiger partial charge in [0.2, 0.25) is 5.75 Å². The summed E-state index contributed by atoms with van der Waals surface area (Å²) >= 11 is 0. The van der Waals surface area contributed by atoms with Gasteiger partial charge in [-0.2, -0.15) is 0 Å². The molecule has 0 aliphatic carbocycles. The largest absolute Gasteiger partial charge is 0.493 e. The summed E-state index contributed by atoms with van der Waals surface area (Å²) in [6.07, 6.45) is 0.891. The second kappa shape index (κ2) is 8.79. The number of imidazole rings is 1. The van der Waals surface area contributed by atoms with Crippen LogP contribution in [0.5, 0.6) is 17.2 Å². The van der Waals surface area contributed by atoms with Gasteiger partial charge in [-0.1, -0.05) is 30.3 Å². The molecule has 1 atom stereocenters. The van der Waals surface area contributed by atoms with E-state index in [1.54, 1.807) is 21.3 Å². The molecule has 0 spiro atoms. The minimum atomic E-state index is 0.361. The molecular weight excluding hydrogens is 414 g/mol. The van der Waals surface area contributed by atoms with Crippen molar-refractivity contribution in [1.29, 1.82) is 0 Å². The van der Waals surface area contributed by atoms with Gasteiger partial charge in [-0.25, -0.2) is 4.98 Å². The molecule has 1 aromatic heterocycles. The van der Waals surface area contributed by atoms with E-state index in [1.807, 2.05) is 18.2 Å². The number of nitrogens with zero attached hydrogens (tertiary/aromatic N) is 2. The number of fused-ring (bicyclic) bond motifs is 2. The van der Waals surface area contributed by atoms with Gasteiger partial charge in [0.15, 0.2) is 11.5 Å².